The highest BCUT2D eigenvalue weighted by Crippen LogP contribution is 2.30. The van der Waals surface area contributed by atoms with Gasteiger partial charge in [-0.15, -0.1) is 11.3 Å². The predicted octanol–water partition coefficient (Wildman–Crippen LogP) is 3.30. The zero-order chi connectivity index (χ0) is 13.4. The van der Waals surface area contributed by atoms with Gasteiger partial charge in [0, 0.05) is 11.6 Å². The van der Waals surface area contributed by atoms with Crippen LogP contribution in [-0.2, 0) is 6.61 Å². The zero-order valence-corrected chi connectivity index (χ0v) is 11.6. The van der Waals surface area contributed by atoms with Gasteiger partial charge in [-0.2, -0.15) is 4.98 Å². The number of thiazole rings is 1. The molecule has 19 heavy (non-hydrogen) atoms. The summed E-state index contributed by atoms with van der Waals surface area (Å²) in [5, 5.41) is 11.4. The van der Waals surface area contributed by atoms with E-state index in [1.807, 2.05) is 48.0 Å². The second-order valence-corrected chi connectivity index (χ2v) is 5.25. The van der Waals surface area contributed by atoms with Crippen LogP contribution < -0.4 is 4.74 Å². The molecule has 1 aromatic carbocycles. The summed E-state index contributed by atoms with van der Waals surface area (Å²) in [5.41, 5.74) is 2.93. The summed E-state index contributed by atoms with van der Waals surface area (Å²) in [6, 6.07) is 5.91. The van der Waals surface area contributed by atoms with Crippen LogP contribution >= 0.6 is 11.3 Å². The number of imidazole rings is 1. The van der Waals surface area contributed by atoms with E-state index in [1.54, 1.807) is 0 Å². The molecule has 1 N–H and O–H groups in total. The molecule has 4 nitrogen and oxygen atoms in total. The number of aromatic nitrogens is 2. The normalized spacial score (nSPS) is 11.1. The summed E-state index contributed by atoms with van der Waals surface area (Å²) < 4.78 is 7.72. The third-order valence-corrected chi connectivity index (χ3v) is 3.99. The molecule has 2 heterocycles. The average Bonchev–Trinajstić information content (AvgIpc) is 2.95. The van der Waals surface area contributed by atoms with Crippen LogP contribution in [0.1, 0.15) is 16.8 Å². The predicted molar refractivity (Wildman–Crippen MR) is 75.0 cm³/mol. The molecule has 98 valence electrons. The molecule has 0 aliphatic heterocycles. The van der Waals surface area contributed by atoms with E-state index in [-0.39, 0.29) is 6.61 Å². The largest absolute Gasteiger partial charge is 0.437 e. The van der Waals surface area contributed by atoms with Crippen LogP contribution in [0.15, 0.2) is 29.8 Å². The van der Waals surface area contributed by atoms with Crippen molar-refractivity contribution in [2.75, 3.05) is 0 Å². The highest BCUT2D eigenvalue weighted by atomic mass is 32.1. The van der Waals surface area contributed by atoms with Crippen LogP contribution in [-0.4, -0.2) is 14.5 Å². The number of rotatable bonds is 3. The van der Waals surface area contributed by atoms with Crippen molar-refractivity contribution in [1.29, 1.82) is 0 Å². The van der Waals surface area contributed by atoms with Gasteiger partial charge in [-0.3, -0.25) is 4.40 Å². The maximum atomic E-state index is 9.49. The van der Waals surface area contributed by atoms with Gasteiger partial charge in [0.1, 0.15) is 11.4 Å². The fourth-order valence-corrected chi connectivity index (χ4v) is 2.70. The molecular weight excluding hydrogens is 260 g/mol. The molecule has 0 saturated carbocycles. The van der Waals surface area contributed by atoms with Crippen molar-refractivity contribution in [2.24, 2.45) is 0 Å². The molecule has 0 amide bonds. The molecule has 0 bridgehead atoms. The summed E-state index contributed by atoms with van der Waals surface area (Å²) in [6.45, 7) is 3.96. The van der Waals surface area contributed by atoms with E-state index < -0.39 is 0 Å². The van der Waals surface area contributed by atoms with Crippen LogP contribution in [0, 0.1) is 13.8 Å². The van der Waals surface area contributed by atoms with Gasteiger partial charge in [-0.25, -0.2) is 0 Å². The minimum absolute atomic E-state index is 0.0991. The molecule has 3 aromatic rings. The number of ether oxygens (including phenoxy) is 1. The SMILES string of the molecule is Cc1cccc(Oc2nc3sccn3c2CO)c1C. The van der Waals surface area contributed by atoms with Crippen LogP contribution in [0.25, 0.3) is 4.96 Å². The first-order chi connectivity index (χ1) is 9.20. The van der Waals surface area contributed by atoms with Crippen LogP contribution in [0.2, 0.25) is 0 Å². The number of benzene rings is 1. The van der Waals surface area contributed by atoms with Gasteiger partial charge < -0.3 is 9.84 Å². The molecule has 0 unspecified atom stereocenters. The van der Waals surface area contributed by atoms with Crippen LogP contribution in [0.5, 0.6) is 11.6 Å². The van der Waals surface area contributed by atoms with Crippen molar-refractivity contribution in [3.63, 3.8) is 0 Å². The summed E-state index contributed by atoms with van der Waals surface area (Å²) >= 11 is 1.52. The number of fused-ring (bicyclic) bond motifs is 1. The Bertz CT molecular complexity index is 730. The highest BCUT2D eigenvalue weighted by molar-refractivity contribution is 7.15. The fourth-order valence-electron chi connectivity index (χ4n) is 1.98. The first kappa shape index (κ1) is 12.2. The van der Waals surface area contributed by atoms with Gasteiger partial charge >= 0.3 is 0 Å². The van der Waals surface area contributed by atoms with Gasteiger partial charge in [-0.1, -0.05) is 12.1 Å². The van der Waals surface area contributed by atoms with Gasteiger partial charge in [0.15, 0.2) is 4.96 Å². The van der Waals surface area contributed by atoms with E-state index in [1.165, 1.54) is 16.9 Å². The number of hydrogen-bond acceptors (Lipinski definition) is 4. The lowest BCUT2D eigenvalue weighted by Gasteiger charge is -2.09. The van der Waals surface area contributed by atoms with Gasteiger partial charge in [0.25, 0.3) is 0 Å². The molecule has 2 aromatic heterocycles. The summed E-state index contributed by atoms with van der Waals surface area (Å²) in [4.78, 5) is 5.23. The third-order valence-electron chi connectivity index (χ3n) is 3.24. The second-order valence-electron chi connectivity index (χ2n) is 4.38. The van der Waals surface area contributed by atoms with E-state index >= 15 is 0 Å². The van der Waals surface area contributed by atoms with E-state index in [0.29, 0.717) is 11.6 Å². The van der Waals surface area contributed by atoms with Crippen LogP contribution in [0.4, 0.5) is 0 Å². The minimum atomic E-state index is -0.0991. The molecule has 0 aliphatic rings. The number of aliphatic hydroxyl groups is 1. The molecule has 0 radical (unpaired) electrons. The number of aryl methyl sites for hydroxylation is 1. The highest BCUT2D eigenvalue weighted by Gasteiger charge is 2.15. The molecule has 0 aliphatic carbocycles. The Morgan fingerprint density at radius 3 is 3.00 bits per heavy atom. The number of aliphatic hydroxyl groups excluding tert-OH is 1. The van der Waals surface area contributed by atoms with Crippen molar-refractivity contribution in [3.05, 3.63) is 46.6 Å². The summed E-state index contributed by atoms with van der Waals surface area (Å²) in [7, 11) is 0. The van der Waals surface area contributed by atoms with E-state index in [0.717, 1.165) is 16.3 Å². The Balaban J connectivity index is 2.05. The Morgan fingerprint density at radius 1 is 1.37 bits per heavy atom. The molecule has 0 fully saturated rings. The van der Waals surface area contributed by atoms with E-state index in [9.17, 15) is 5.11 Å². The van der Waals surface area contributed by atoms with Crippen molar-refractivity contribution in [2.45, 2.75) is 20.5 Å². The Morgan fingerprint density at radius 2 is 2.21 bits per heavy atom. The smallest absolute Gasteiger partial charge is 0.244 e. The maximum Gasteiger partial charge on any atom is 0.244 e. The Kier molecular flexibility index (Phi) is 3.00. The zero-order valence-electron chi connectivity index (χ0n) is 10.8. The van der Waals surface area contributed by atoms with Crippen molar-refractivity contribution < 1.29 is 9.84 Å². The molecular formula is C14H14N2O2S. The molecule has 3 rings (SSSR count). The standard InChI is InChI=1S/C14H14N2O2S/c1-9-4-3-5-12(10(9)2)18-13-11(8-17)16-6-7-19-14(16)15-13/h3-7,17H,8H2,1-2H3. The second kappa shape index (κ2) is 4.68. The molecule has 0 spiro atoms. The number of nitrogens with zero attached hydrogens (tertiary/aromatic N) is 2. The van der Waals surface area contributed by atoms with Crippen molar-refractivity contribution in [1.82, 2.24) is 9.38 Å². The van der Waals surface area contributed by atoms with Gasteiger partial charge in [0.05, 0.1) is 6.61 Å². The lowest BCUT2D eigenvalue weighted by atomic mass is 10.1. The van der Waals surface area contributed by atoms with Crippen molar-refractivity contribution >= 4 is 16.3 Å². The van der Waals surface area contributed by atoms with E-state index in [2.05, 4.69) is 4.98 Å². The third kappa shape index (κ3) is 2.01. The number of hydrogen-bond donors (Lipinski definition) is 1. The lowest BCUT2D eigenvalue weighted by Crippen LogP contribution is -1.95. The summed E-state index contributed by atoms with van der Waals surface area (Å²) in [5.74, 6) is 1.25. The summed E-state index contributed by atoms with van der Waals surface area (Å²) in [6.07, 6.45) is 1.88. The van der Waals surface area contributed by atoms with E-state index in [4.69, 9.17) is 4.74 Å². The average molecular weight is 274 g/mol. The minimum Gasteiger partial charge on any atom is -0.437 e. The van der Waals surface area contributed by atoms with Crippen LogP contribution in [0.3, 0.4) is 0 Å². The molecule has 5 heteroatoms. The lowest BCUT2D eigenvalue weighted by molar-refractivity contribution is 0.269. The Hall–Kier alpha value is -1.85. The Labute approximate surface area is 114 Å². The van der Waals surface area contributed by atoms with Gasteiger partial charge in [-0.05, 0) is 31.0 Å². The van der Waals surface area contributed by atoms with Crippen molar-refractivity contribution in [3.8, 4) is 11.6 Å². The molecule has 0 saturated heterocycles. The maximum absolute atomic E-state index is 9.49. The fraction of sp³-hybridized carbons (Fsp3) is 0.214. The first-order valence-electron chi connectivity index (χ1n) is 6.00. The van der Waals surface area contributed by atoms with Gasteiger partial charge in [0.2, 0.25) is 5.88 Å². The quantitative estimate of drug-likeness (QED) is 0.797. The first-order valence-corrected chi connectivity index (χ1v) is 6.88. The monoisotopic (exact) mass is 274 g/mol. The topological polar surface area (TPSA) is 46.8 Å². The molecule has 0 atom stereocenters.